The standard InChI is InChI=1S/C17H16BrN7O2/c18-11-6-7-13(20-8-11)23-16-15(19)17(22-10-21-16)25-24-14(26)9-27-12-4-2-1-3-5-12/h1-8,10H,9,19H2,(H,24,26)(H2,20,21,22,23,25). The van der Waals surface area contributed by atoms with Gasteiger partial charge in [-0.25, -0.2) is 15.0 Å². The Morgan fingerprint density at radius 1 is 1.07 bits per heavy atom. The van der Waals surface area contributed by atoms with Gasteiger partial charge >= 0.3 is 0 Å². The maximum atomic E-state index is 11.9. The van der Waals surface area contributed by atoms with Crippen LogP contribution in [0.1, 0.15) is 0 Å². The van der Waals surface area contributed by atoms with Crippen molar-refractivity contribution < 1.29 is 9.53 Å². The molecule has 1 aromatic carbocycles. The van der Waals surface area contributed by atoms with E-state index in [2.05, 4.69) is 47.1 Å². The Kier molecular flexibility index (Phi) is 6.00. The summed E-state index contributed by atoms with van der Waals surface area (Å²) in [6, 6.07) is 12.6. The number of carbonyl (C=O) groups excluding carboxylic acids is 1. The highest BCUT2D eigenvalue weighted by Gasteiger charge is 2.10. The number of pyridine rings is 1. The zero-order valence-electron chi connectivity index (χ0n) is 14.0. The molecule has 27 heavy (non-hydrogen) atoms. The predicted octanol–water partition coefficient (Wildman–Crippen LogP) is 2.48. The number of nitrogens with two attached hydrogens (primary N) is 1. The molecule has 10 heteroatoms. The molecule has 0 fully saturated rings. The highest BCUT2D eigenvalue weighted by molar-refractivity contribution is 9.10. The Morgan fingerprint density at radius 2 is 1.85 bits per heavy atom. The molecule has 3 aromatic rings. The molecule has 0 aliphatic heterocycles. The molecule has 0 saturated carbocycles. The fourth-order valence-corrected chi connectivity index (χ4v) is 2.23. The van der Waals surface area contributed by atoms with Crippen LogP contribution >= 0.6 is 15.9 Å². The van der Waals surface area contributed by atoms with E-state index in [0.717, 1.165) is 4.47 Å². The number of nitrogen functional groups attached to an aromatic ring is 1. The van der Waals surface area contributed by atoms with E-state index in [-0.39, 0.29) is 24.0 Å². The minimum atomic E-state index is -0.388. The summed E-state index contributed by atoms with van der Waals surface area (Å²) >= 11 is 3.32. The van der Waals surface area contributed by atoms with Crippen molar-refractivity contribution in [2.75, 3.05) is 23.1 Å². The number of para-hydroxylation sites is 1. The Labute approximate surface area is 163 Å². The Hall–Kier alpha value is -3.40. The second-order valence-electron chi connectivity index (χ2n) is 5.25. The van der Waals surface area contributed by atoms with Crippen LogP contribution in [-0.2, 0) is 4.79 Å². The summed E-state index contributed by atoms with van der Waals surface area (Å²) in [6.07, 6.45) is 2.96. The van der Waals surface area contributed by atoms with Crippen LogP contribution in [0.25, 0.3) is 0 Å². The SMILES string of the molecule is Nc1c(NNC(=O)COc2ccccc2)ncnc1Nc1ccc(Br)cn1. The van der Waals surface area contributed by atoms with E-state index < -0.39 is 0 Å². The third-order valence-corrected chi connectivity index (χ3v) is 3.76. The Bertz CT molecular complexity index is 907. The van der Waals surface area contributed by atoms with Crippen LogP contribution in [0.2, 0.25) is 0 Å². The zero-order valence-corrected chi connectivity index (χ0v) is 15.6. The fraction of sp³-hybridized carbons (Fsp3) is 0.0588. The Balaban J connectivity index is 1.57. The minimum Gasteiger partial charge on any atom is -0.484 e. The van der Waals surface area contributed by atoms with Crippen LogP contribution < -0.4 is 26.6 Å². The molecule has 3 rings (SSSR count). The predicted molar refractivity (Wildman–Crippen MR) is 105 cm³/mol. The summed E-state index contributed by atoms with van der Waals surface area (Å²) in [7, 11) is 0. The fourth-order valence-electron chi connectivity index (χ4n) is 2.00. The molecule has 0 atom stereocenters. The first kappa shape index (κ1) is 18.4. The summed E-state index contributed by atoms with van der Waals surface area (Å²) in [5.74, 6) is 1.38. The van der Waals surface area contributed by atoms with Crippen LogP contribution in [0.3, 0.4) is 0 Å². The first-order chi connectivity index (χ1) is 13.1. The number of rotatable bonds is 7. The molecule has 0 aliphatic rings. The van der Waals surface area contributed by atoms with Crippen molar-refractivity contribution in [3.63, 3.8) is 0 Å². The van der Waals surface area contributed by atoms with Gasteiger partial charge in [-0.1, -0.05) is 18.2 Å². The number of carbonyl (C=O) groups is 1. The lowest BCUT2D eigenvalue weighted by molar-refractivity contribution is -0.122. The first-order valence-corrected chi connectivity index (χ1v) is 8.63. The van der Waals surface area contributed by atoms with Crippen LogP contribution in [0.5, 0.6) is 5.75 Å². The first-order valence-electron chi connectivity index (χ1n) is 7.83. The van der Waals surface area contributed by atoms with Gasteiger partial charge < -0.3 is 15.8 Å². The normalized spacial score (nSPS) is 10.1. The second kappa shape index (κ2) is 8.81. The molecule has 5 N–H and O–H groups in total. The van der Waals surface area contributed by atoms with Gasteiger partial charge in [0.05, 0.1) is 0 Å². The number of ether oxygens (including phenoxy) is 1. The second-order valence-corrected chi connectivity index (χ2v) is 6.16. The van der Waals surface area contributed by atoms with Gasteiger partial charge in [0.2, 0.25) is 0 Å². The monoisotopic (exact) mass is 429 g/mol. The van der Waals surface area contributed by atoms with Gasteiger partial charge in [-0.05, 0) is 40.2 Å². The number of amides is 1. The maximum Gasteiger partial charge on any atom is 0.276 e. The van der Waals surface area contributed by atoms with E-state index in [1.165, 1.54) is 6.33 Å². The van der Waals surface area contributed by atoms with E-state index in [1.54, 1.807) is 24.4 Å². The number of hydrogen-bond acceptors (Lipinski definition) is 8. The number of anilines is 4. The van der Waals surface area contributed by atoms with Gasteiger partial charge in [-0.2, -0.15) is 0 Å². The summed E-state index contributed by atoms with van der Waals surface area (Å²) in [5, 5.41) is 2.99. The van der Waals surface area contributed by atoms with Gasteiger partial charge in [0.25, 0.3) is 5.91 Å². The van der Waals surface area contributed by atoms with Crippen molar-refractivity contribution in [3.05, 3.63) is 59.5 Å². The number of hydrazine groups is 1. The molecule has 2 heterocycles. The molecule has 0 aliphatic carbocycles. The number of hydrogen-bond donors (Lipinski definition) is 4. The van der Waals surface area contributed by atoms with Crippen LogP contribution in [-0.4, -0.2) is 27.5 Å². The molecule has 1 amide bonds. The molecule has 138 valence electrons. The summed E-state index contributed by atoms with van der Waals surface area (Å²) < 4.78 is 6.21. The Morgan fingerprint density at radius 3 is 2.59 bits per heavy atom. The van der Waals surface area contributed by atoms with Crippen LogP contribution in [0.15, 0.2) is 59.5 Å². The number of nitrogens with one attached hydrogen (secondary N) is 3. The highest BCUT2D eigenvalue weighted by Crippen LogP contribution is 2.24. The van der Waals surface area contributed by atoms with E-state index in [1.807, 2.05) is 24.3 Å². The quantitative estimate of drug-likeness (QED) is 0.421. The van der Waals surface area contributed by atoms with Crippen LogP contribution in [0, 0.1) is 0 Å². The molecule has 0 bridgehead atoms. The molecule has 0 saturated heterocycles. The number of benzene rings is 1. The van der Waals surface area contributed by atoms with Gasteiger partial charge in [0.1, 0.15) is 23.6 Å². The molecule has 0 spiro atoms. The van der Waals surface area contributed by atoms with Crippen molar-refractivity contribution in [2.24, 2.45) is 0 Å². The average molecular weight is 430 g/mol. The summed E-state index contributed by atoms with van der Waals surface area (Å²) in [6.45, 7) is -0.157. The van der Waals surface area contributed by atoms with Crippen molar-refractivity contribution in [1.82, 2.24) is 20.4 Å². The van der Waals surface area contributed by atoms with Gasteiger partial charge in [-0.15, -0.1) is 0 Å². The highest BCUT2D eigenvalue weighted by atomic mass is 79.9. The number of halogens is 1. The van der Waals surface area contributed by atoms with E-state index in [0.29, 0.717) is 17.4 Å². The summed E-state index contributed by atoms with van der Waals surface area (Å²) in [4.78, 5) is 24.2. The van der Waals surface area contributed by atoms with Crippen molar-refractivity contribution in [3.8, 4) is 5.75 Å². The molecule has 2 aromatic heterocycles. The molecule has 0 radical (unpaired) electrons. The molecular formula is C17H16BrN7O2. The number of nitrogens with zero attached hydrogens (tertiary/aromatic N) is 3. The lowest BCUT2D eigenvalue weighted by Crippen LogP contribution is -2.34. The molecule has 0 unspecified atom stereocenters. The van der Waals surface area contributed by atoms with E-state index in [4.69, 9.17) is 10.5 Å². The maximum absolute atomic E-state index is 11.9. The van der Waals surface area contributed by atoms with E-state index >= 15 is 0 Å². The van der Waals surface area contributed by atoms with Gasteiger partial charge in [0, 0.05) is 10.7 Å². The lowest BCUT2D eigenvalue weighted by atomic mass is 10.3. The lowest BCUT2D eigenvalue weighted by Gasteiger charge is -2.13. The third kappa shape index (κ3) is 5.28. The number of aromatic nitrogens is 3. The topological polar surface area (TPSA) is 127 Å². The average Bonchev–Trinajstić information content (AvgIpc) is 2.69. The van der Waals surface area contributed by atoms with Gasteiger partial charge in [0.15, 0.2) is 18.2 Å². The van der Waals surface area contributed by atoms with Crippen molar-refractivity contribution in [2.45, 2.75) is 0 Å². The smallest absolute Gasteiger partial charge is 0.276 e. The third-order valence-electron chi connectivity index (χ3n) is 3.29. The van der Waals surface area contributed by atoms with Gasteiger partial charge in [-0.3, -0.25) is 15.6 Å². The van der Waals surface area contributed by atoms with Crippen molar-refractivity contribution >= 4 is 45.0 Å². The van der Waals surface area contributed by atoms with Crippen molar-refractivity contribution in [1.29, 1.82) is 0 Å². The van der Waals surface area contributed by atoms with Crippen LogP contribution in [0.4, 0.5) is 23.1 Å². The minimum absolute atomic E-state index is 0.157. The van der Waals surface area contributed by atoms with E-state index in [9.17, 15) is 4.79 Å². The largest absolute Gasteiger partial charge is 0.484 e. The molecular weight excluding hydrogens is 414 g/mol. The molecule has 9 nitrogen and oxygen atoms in total. The summed E-state index contributed by atoms with van der Waals surface area (Å²) in [5.41, 5.74) is 11.4. The zero-order chi connectivity index (χ0) is 19.1.